The molecule has 0 saturated heterocycles. The standard InChI is InChI=1S/C25H29FN2O4/c1-3-5-12-32-24-11-6-17(14-25(30)31)13-21(24)22-15-23(18-7-9-19(26)10-8-18)28(27-22)16-20(29)4-2/h6-11,13,15,20,29H,3-5,12,14,16H2,1-2H3,(H,30,31)/t20-/m1/s1. The summed E-state index contributed by atoms with van der Waals surface area (Å²) in [4.78, 5) is 11.2. The number of aromatic nitrogens is 2. The number of rotatable bonds is 11. The average Bonchev–Trinajstić information content (AvgIpc) is 3.18. The fourth-order valence-corrected chi connectivity index (χ4v) is 3.38. The lowest BCUT2D eigenvalue weighted by molar-refractivity contribution is -0.136. The second kappa shape index (κ2) is 10.9. The Balaban J connectivity index is 2.08. The summed E-state index contributed by atoms with van der Waals surface area (Å²) in [6.07, 6.45) is 1.76. The summed E-state index contributed by atoms with van der Waals surface area (Å²) in [7, 11) is 0. The Kier molecular flexibility index (Phi) is 8.00. The third-order valence-corrected chi connectivity index (χ3v) is 5.21. The van der Waals surface area contributed by atoms with Crippen LogP contribution in [0.4, 0.5) is 4.39 Å². The van der Waals surface area contributed by atoms with Crippen LogP contribution >= 0.6 is 0 Å². The van der Waals surface area contributed by atoms with Gasteiger partial charge in [0.25, 0.3) is 0 Å². The second-order valence-corrected chi connectivity index (χ2v) is 7.77. The van der Waals surface area contributed by atoms with E-state index in [-0.39, 0.29) is 18.8 Å². The first-order chi connectivity index (χ1) is 15.4. The molecule has 3 rings (SSSR count). The minimum atomic E-state index is -0.917. The van der Waals surface area contributed by atoms with Crippen molar-refractivity contribution in [1.29, 1.82) is 0 Å². The average molecular weight is 441 g/mol. The smallest absolute Gasteiger partial charge is 0.307 e. The zero-order valence-electron chi connectivity index (χ0n) is 18.4. The first-order valence-corrected chi connectivity index (χ1v) is 10.9. The normalized spacial score (nSPS) is 12.0. The van der Waals surface area contributed by atoms with Crippen LogP contribution in [0.25, 0.3) is 22.5 Å². The van der Waals surface area contributed by atoms with Crippen LogP contribution in [-0.4, -0.2) is 38.7 Å². The Morgan fingerprint density at radius 3 is 2.56 bits per heavy atom. The van der Waals surface area contributed by atoms with Gasteiger partial charge in [0.2, 0.25) is 0 Å². The maximum absolute atomic E-state index is 13.5. The molecular weight excluding hydrogens is 411 g/mol. The lowest BCUT2D eigenvalue weighted by atomic mass is 10.0. The van der Waals surface area contributed by atoms with E-state index in [4.69, 9.17) is 9.84 Å². The molecule has 3 aromatic rings. The Morgan fingerprint density at radius 2 is 1.91 bits per heavy atom. The lowest BCUT2D eigenvalue weighted by Gasteiger charge is -2.12. The SMILES string of the molecule is CCCCOc1ccc(CC(=O)O)cc1-c1cc(-c2ccc(F)cc2)n(C[C@H](O)CC)n1. The number of unbranched alkanes of at least 4 members (excludes halogenated alkanes) is 1. The Morgan fingerprint density at radius 1 is 1.16 bits per heavy atom. The van der Waals surface area contributed by atoms with Crippen molar-refractivity contribution < 1.29 is 24.1 Å². The van der Waals surface area contributed by atoms with Crippen molar-refractivity contribution in [2.45, 2.75) is 52.2 Å². The molecule has 0 aliphatic rings. The molecular formula is C25H29FN2O4. The van der Waals surface area contributed by atoms with E-state index < -0.39 is 12.1 Å². The van der Waals surface area contributed by atoms with Crippen LogP contribution in [0.5, 0.6) is 5.75 Å². The molecule has 0 amide bonds. The molecule has 0 bridgehead atoms. The van der Waals surface area contributed by atoms with Crippen molar-refractivity contribution in [2.75, 3.05) is 6.61 Å². The lowest BCUT2D eigenvalue weighted by Crippen LogP contribution is -2.16. The molecule has 0 spiro atoms. The number of carbonyl (C=O) groups is 1. The molecule has 2 N–H and O–H groups in total. The molecule has 1 aromatic heterocycles. The monoisotopic (exact) mass is 440 g/mol. The summed E-state index contributed by atoms with van der Waals surface area (Å²) in [6, 6.07) is 13.3. The van der Waals surface area contributed by atoms with Gasteiger partial charge in [0.15, 0.2) is 0 Å². The van der Waals surface area contributed by atoms with Crippen molar-refractivity contribution in [2.24, 2.45) is 0 Å². The zero-order chi connectivity index (χ0) is 23.1. The van der Waals surface area contributed by atoms with Gasteiger partial charge in [-0.25, -0.2) is 4.39 Å². The summed E-state index contributed by atoms with van der Waals surface area (Å²) in [6.45, 7) is 4.80. The third kappa shape index (κ3) is 5.95. The fourth-order valence-electron chi connectivity index (χ4n) is 3.38. The predicted octanol–water partition coefficient (Wildman–Crippen LogP) is 4.93. The molecule has 0 radical (unpaired) electrons. The summed E-state index contributed by atoms with van der Waals surface area (Å²) < 4.78 is 21.1. The third-order valence-electron chi connectivity index (χ3n) is 5.21. The van der Waals surface area contributed by atoms with E-state index in [1.165, 1.54) is 12.1 Å². The number of hydrogen-bond donors (Lipinski definition) is 2. The van der Waals surface area contributed by atoms with E-state index in [1.54, 1.807) is 35.0 Å². The number of halogens is 1. The van der Waals surface area contributed by atoms with Gasteiger partial charge in [-0.3, -0.25) is 9.48 Å². The zero-order valence-corrected chi connectivity index (χ0v) is 18.4. The van der Waals surface area contributed by atoms with E-state index in [0.717, 1.165) is 24.1 Å². The Hall–Kier alpha value is -3.19. The van der Waals surface area contributed by atoms with Crippen LogP contribution < -0.4 is 4.74 Å². The number of aliphatic carboxylic acids is 1. The first-order valence-electron chi connectivity index (χ1n) is 10.9. The van der Waals surface area contributed by atoms with Crippen molar-refractivity contribution in [1.82, 2.24) is 9.78 Å². The maximum atomic E-state index is 13.5. The van der Waals surface area contributed by atoms with Gasteiger partial charge < -0.3 is 14.9 Å². The van der Waals surface area contributed by atoms with E-state index in [0.29, 0.717) is 35.6 Å². The van der Waals surface area contributed by atoms with E-state index in [1.807, 2.05) is 13.0 Å². The highest BCUT2D eigenvalue weighted by atomic mass is 19.1. The van der Waals surface area contributed by atoms with Crippen LogP contribution in [0.3, 0.4) is 0 Å². The molecule has 0 aliphatic carbocycles. The minimum absolute atomic E-state index is 0.109. The minimum Gasteiger partial charge on any atom is -0.493 e. The van der Waals surface area contributed by atoms with Gasteiger partial charge in [-0.1, -0.05) is 26.3 Å². The second-order valence-electron chi connectivity index (χ2n) is 7.77. The highest BCUT2D eigenvalue weighted by molar-refractivity contribution is 5.76. The van der Waals surface area contributed by atoms with Gasteiger partial charge in [-0.05, 0) is 60.9 Å². The quantitative estimate of drug-likeness (QED) is 0.413. The molecule has 170 valence electrons. The molecule has 6 nitrogen and oxygen atoms in total. The molecule has 0 fully saturated rings. The topological polar surface area (TPSA) is 84.6 Å². The van der Waals surface area contributed by atoms with Crippen LogP contribution in [0.2, 0.25) is 0 Å². The Labute approximate surface area is 187 Å². The number of carboxylic acid groups (broad SMARTS) is 1. The van der Waals surface area contributed by atoms with Crippen LogP contribution in [0.1, 0.15) is 38.7 Å². The summed E-state index contributed by atoms with van der Waals surface area (Å²) in [5.41, 5.74) is 3.43. The fraction of sp³-hybridized carbons (Fsp3) is 0.360. The Bertz CT molecular complexity index is 1050. The molecule has 7 heteroatoms. The van der Waals surface area contributed by atoms with E-state index in [2.05, 4.69) is 6.92 Å². The first kappa shape index (κ1) is 23.5. The predicted molar refractivity (Wildman–Crippen MR) is 121 cm³/mol. The van der Waals surface area contributed by atoms with Crippen LogP contribution in [0, 0.1) is 5.82 Å². The molecule has 0 unspecified atom stereocenters. The maximum Gasteiger partial charge on any atom is 0.307 e. The van der Waals surface area contributed by atoms with E-state index >= 15 is 0 Å². The number of ether oxygens (including phenoxy) is 1. The van der Waals surface area contributed by atoms with Gasteiger partial charge in [0, 0.05) is 11.1 Å². The molecule has 1 atom stereocenters. The van der Waals surface area contributed by atoms with Crippen LogP contribution in [-0.2, 0) is 17.8 Å². The summed E-state index contributed by atoms with van der Waals surface area (Å²) in [5, 5.41) is 24.2. The van der Waals surface area contributed by atoms with Gasteiger partial charge >= 0.3 is 5.97 Å². The summed E-state index contributed by atoms with van der Waals surface area (Å²) >= 11 is 0. The largest absolute Gasteiger partial charge is 0.493 e. The highest BCUT2D eigenvalue weighted by Gasteiger charge is 2.18. The van der Waals surface area contributed by atoms with Crippen molar-refractivity contribution >= 4 is 5.97 Å². The van der Waals surface area contributed by atoms with Gasteiger partial charge in [-0.2, -0.15) is 5.10 Å². The molecule has 32 heavy (non-hydrogen) atoms. The number of nitrogens with zero attached hydrogens (tertiary/aromatic N) is 2. The molecule has 0 saturated carbocycles. The number of benzene rings is 2. The number of aliphatic hydroxyl groups is 1. The van der Waals surface area contributed by atoms with Gasteiger partial charge in [-0.15, -0.1) is 0 Å². The number of aliphatic hydroxyl groups excluding tert-OH is 1. The number of carboxylic acids is 1. The van der Waals surface area contributed by atoms with Crippen LogP contribution in [0.15, 0.2) is 48.5 Å². The number of hydrogen-bond acceptors (Lipinski definition) is 4. The van der Waals surface area contributed by atoms with Crippen molar-refractivity contribution in [3.63, 3.8) is 0 Å². The molecule has 1 heterocycles. The molecule has 2 aromatic carbocycles. The molecule has 0 aliphatic heterocycles. The van der Waals surface area contributed by atoms with Crippen molar-refractivity contribution in [3.8, 4) is 28.3 Å². The van der Waals surface area contributed by atoms with Gasteiger partial charge in [0.05, 0.1) is 37.1 Å². The van der Waals surface area contributed by atoms with Crippen molar-refractivity contribution in [3.05, 3.63) is 59.9 Å². The highest BCUT2D eigenvalue weighted by Crippen LogP contribution is 2.34. The summed E-state index contributed by atoms with van der Waals surface area (Å²) in [5.74, 6) is -0.625. The van der Waals surface area contributed by atoms with E-state index in [9.17, 15) is 19.4 Å². The van der Waals surface area contributed by atoms with Gasteiger partial charge in [0.1, 0.15) is 11.6 Å².